The molecule has 7 nitrogen and oxygen atoms in total. The van der Waals surface area contributed by atoms with Crippen molar-refractivity contribution in [2.24, 2.45) is 0 Å². The van der Waals surface area contributed by atoms with E-state index in [9.17, 15) is 13.2 Å². The Morgan fingerprint density at radius 3 is 2.48 bits per heavy atom. The summed E-state index contributed by atoms with van der Waals surface area (Å²) in [5, 5.41) is 0. The number of ether oxygens (including phenoxy) is 1. The lowest BCUT2D eigenvalue weighted by atomic mass is 10.1. The SMILES string of the molecule is O=C1[C@@H]2C[C@@H](CN2S(=O)(=O)c2ccccc2)Oc2ccccc2N1Cc1ccccn1. The van der Waals surface area contributed by atoms with E-state index in [2.05, 4.69) is 4.98 Å². The van der Waals surface area contributed by atoms with Crippen molar-refractivity contribution in [3.05, 3.63) is 84.7 Å². The van der Waals surface area contributed by atoms with E-state index in [4.69, 9.17) is 4.74 Å². The minimum Gasteiger partial charge on any atom is -0.487 e. The van der Waals surface area contributed by atoms with Crippen molar-refractivity contribution in [2.45, 2.75) is 30.0 Å². The molecule has 2 atom stereocenters. The standard InChI is InChI=1S/C23H21N3O4S/c27-23-21-14-18(16-26(21)31(28,29)19-9-2-1-3-10-19)30-22-12-5-4-11-20(22)25(23)15-17-8-6-7-13-24-17/h1-13,18,21H,14-16H2/t18-,21-/m0/s1. The van der Waals surface area contributed by atoms with Gasteiger partial charge in [0.15, 0.2) is 0 Å². The van der Waals surface area contributed by atoms with E-state index in [1.165, 1.54) is 4.31 Å². The molecule has 3 heterocycles. The first-order valence-electron chi connectivity index (χ1n) is 10.1. The summed E-state index contributed by atoms with van der Waals surface area (Å²) in [5.41, 5.74) is 1.32. The van der Waals surface area contributed by atoms with Crippen molar-refractivity contribution in [2.75, 3.05) is 11.4 Å². The minimum atomic E-state index is -3.85. The molecule has 31 heavy (non-hydrogen) atoms. The minimum absolute atomic E-state index is 0.124. The predicted molar refractivity (Wildman–Crippen MR) is 115 cm³/mol. The Labute approximate surface area is 180 Å². The van der Waals surface area contributed by atoms with Crippen molar-refractivity contribution in [3.8, 4) is 5.75 Å². The van der Waals surface area contributed by atoms with Crippen molar-refractivity contribution in [1.29, 1.82) is 0 Å². The highest BCUT2D eigenvalue weighted by atomic mass is 32.2. The van der Waals surface area contributed by atoms with Gasteiger partial charge in [0.2, 0.25) is 15.9 Å². The van der Waals surface area contributed by atoms with Crippen LogP contribution in [0.25, 0.3) is 0 Å². The van der Waals surface area contributed by atoms with Gasteiger partial charge in [-0.25, -0.2) is 8.42 Å². The third-order valence-corrected chi connectivity index (χ3v) is 7.50. The lowest BCUT2D eigenvalue weighted by Crippen LogP contribution is -2.47. The van der Waals surface area contributed by atoms with Gasteiger partial charge in [0.25, 0.3) is 0 Å². The Kier molecular flexibility index (Phi) is 4.95. The summed E-state index contributed by atoms with van der Waals surface area (Å²) in [6, 6.07) is 20.2. The fourth-order valence-corrected chi connectivity index (χ4v) is 5.79. The van der Waals surface area contributed by atoms with Crippen LogP contribution in [-0.2, 0) is 21.4 Å². The summed E-state index contributed by atoms with van der Waals surface area (Å²) < 4.78 is 34.2. The largest absolute Gasteiger partial charge is 0.487 e. The van der Waals surface area contributed by atoms with Gasteiger partial charge < -0.3 is 9.64 Å². The highest BCUT2D eigenvalue weighted by Crippen LogP contribution is 2.38. The topological polar surface area (TPSA) is 79.8 Å². The van der Waals surface area contributed by atoms with E-state index >= 15 is 0 Å². The second kappa shape index (κ2) is 7.79. The number of fused-ring (bicyclic) bond motifs is 3. The number of rotatable bonds is 4. The molecule has 1 saturated heterocycles. The number of benzene rings is 2. The summed E-state index contributed by atoms with van der Waals surface area (Å²) >= 11 is 0. The molecule has 1 aromatic heterocycles. The number of aromatic nitrogens is 1. The Balaban J connectivity index is 1.57. The second-order valence-electron chi connectivity index (χ2n) is 7.59. The van der Waals surface area contributed by atoms with Gasteiger partial charge >= 0.3 is 0 Å². The number of nitrogens with zero attached hydrogens (tertiary/aromatic N) is 3. The number of amides is 1. The first kappa shape index (κ1) is 19.7. The van der Waals surface area contributed by atoms with Crippen molar-refractivity contribution >= 4 is 21.6 Å². The fourth-order valence-electron chi connectivity index (χ4n) is 4.15. The third-order valence-electron chi connectivity index (χ3n) is 5.61. The molecule has 2 aromatic carbocycles. The van der Waals surface area contributed by atoms with Crippen LogP contribution in [0.1, 0.15) is 12.1 Å². The van der Waals surface area contributed by atoms with Crippen LogP contribution in [0.2, 0.25) is 0 Å². The van der Waals surface area contributed by atoms with Crippen LogP contribution in [0.3, 0.4) is 0 Å². The van der Waals surface area contributed by atoms with Crippen LogP contribution in [0, 0.1) is 0 Å². The van der Waals surface area contributed by atoms with Crippen LogP contribution in [-0.4, -0.2) is 42.3 Å². The Morgan fingerprint density at radius 1 is 0.968 bits per heavy atom. The molecular weight excluding hydrogens is 414 g/mol. The van der Waals surface area contributed by atoms with Crippen molar-refractivity contribution in [3.63, 3.8) is 0 Å². The molecule has 5 rings (SSSR count). The molecule has 0 spiro atoms. The molecule has 3 aromatic rings. The zero-order chi connectivity index (χ0) is 21.4. The summed E-state index contributed by atoms with van der Waals surface area (Å²) in [5.74, 6) is 0.289. The molecule has 0 aliphatic carbocycles. The number of pyridine rings is 1. The molecule has 1 amide bonds. The molecule has 1 fully saturated rings. The van der Waals surface area contributed by atoms with Crippen molar-refractivity contribution in [1.82, 2.24) is 9.29 Å². The maximum absolute atomic E-state index is 13.7. The number of sulfonamides is 1. The quantitative estimate of drug-likeness (QED) is 0.630. The van der Waals surface area contributed by atoms with Crippen LogP contribution in [0.5, 0.6) is 5.75 Å². The molecule has 2 bridgehead atoms. The van der Waals surface area contributed by atoms with E-state index < -0.39 is 22.2 Å². The molecule has 2 aliphatic rings. The van der Waals surface area contributed by atoms with E-state index in [-0.39, 0.29) is 23.9 Å². The summed E-state index contributed by atoms with van der Waals surface area (Å²) in [6.45, 7) is 0.347. The van der Waals surface area contributed by atoms with E-state index in [1.54, 1.807) is 41.4 Å². The number of carbonyl (C=O) groups is 1. The lowest BCUT2D eigenvalue weighted by Gasteiger charge is -2.31. The lowest BCUT2D eigenvalue weighted by molar-refractivity contribution is -0.122. The maximum atomic E-state index is 13.7. The maximum Gasteiger partial charge on any atom is 0.246 e. The average Bonchev–Trinajstić information content (AvgIpc) is 3.24. The van der Waals surface area contributed by atoms with Gasteiger partial charge in [0.05, 0.1) is 29.4 Å². The van der Waals surface area contributed by atoms with Gasteiger partial charge in [-0.05, 0) is 36.4 Å². The smallest absolute Gasteiger partial charge is 0.246 e. The molecule has 0 N–H and O–H groups in total. The Morgan fingerprint density at radius 2 is 1.71 bits per heavy atom. The van der Waals surface area contributed by atoms with Gasteiger partial charge in [0, 0.05) is 12.6 Å². The number of anilines is 1. The number of hydrogen-bond donors (Lipinski definition) is 0. The van der Waals surface area contributed by atoms with Crippen LogP contribution in [0.4, 0.5) is 5.69 Å². The van der Waals surface area contributed by atoms with Gasteiger partial charge in [-0.15, -0.1) is 0 Å². The van der Waals surface area contributed by atoms with E-state index in [1.807, 2.05) is 42.5 Å². The molecule has 158 valence electrons. The fraction of sp³-hybridized carbons (Fsp3) is 0.217. The monoisotopic (exact) mass is 435 g/mol. The van der Waals surface area contributed by atoms with Crippen LogP contribution >= 0.6 is 0 Å². The zero-order valence-corrected chi connectivity index (χ0v) is 17.5. The molecule has 0 saturated carbocycles. The Hall–Kier alpha value is -3.23. The van der Waals surface area contributed by atoms with Gasteiger partial charge in [-0.1, -0.05) is 36.4 Å². The van der Waals surface area contributed by atoms with E-state index in [0.29, 0.717) is 23.6 Å². The highest BCUT2D eigenvalue weighted by molar-refractivity contribution is 7.89. The Bertz CT molecular complexity index is 1200. The second-order valence-corrected chi connectivity index (χ2v) is 9.48. The highest BCUT2D eigenvalue weighted by Gasteiger charge is 2.48. The first-order valence-corrected chi connectivity index (χ1v) is 11.5. The van der Waals surface area contributed by atoms with Crippen molar-refractivity contribution < 1.29 is 17.9 Å². The third kappa shape index (κ3) is 3.58. The van der Waals surface area contributed by atoms with Gasteiger partial charge in [0.1, 0.15) is 17.9 Å². The normalized spacial score (nSPS) is 21.2. The average molecular weight is 436 g/mol. The summed E-state index contributed by atoms with van der Waals surface area (Å²) in [7, 11) is -3.85. The molecule has 0 radical (unpaired) electrons. The zero-order valence-electron chi connectivity index (χ0n) is 16.7. The molecular formula is C23H21N3O4S. The number of carbonyl (C=O) groups excluding carboxylic acids is 1. The number of hydrogen-bond acceptors (Lipinski definition) is 5. The first-order chi connectivity index (χ1) is 15.0. The van der Waals surface area contributed by atoms with Gasteiger partial charge in [-0.2, -0.15) is 4.31 Å². The molecule has 2 aliphatic heterocycles. The predicted octanol–water partition coefficient (Wildman–Crippen LogP) is 2.84. The molecule has 0 unspecified atom stereocenters. The summed E-state index contributed by atoms with van der Waals surface area (Å²) in [4.78, 5) is 19.8. The van der Waals surface area contributed by atoms with Crippen LogP contribution < -0.4 is 9.64 Å². The number of para-hydroxylation sites is 2. The summed E-state index contributed by atoms with van der Waals surface area (Å²) in [6.07, 6.45) is 1.58. The molecule has 8 heteroatoms. The van der Waals surface area contributed by atoms with E-state index in [0.717, 1.165) is 0 Å². The van der Waals surface area contributed by atoms with Gasteiger partial charge in [-0.3, -0.25) is 9.78 Å². The van der Waals surface area contributed by atoms with Crippen LogP contribution in [0.15, 0.2) is 83.9 Å².